The topological polar surface area (TPSA) is 114 Å². The van der Waals surface area contributed by atoms with Crippen molar-refractivity contribution < 1.29 is 9.18 Å². The van der Waals surface area contributed by atoms with Crippen molar-refractivity contribution in [2.24, 2.45) is 5.10 Å². The summed E-state index contributed by atoms with van der Waals surface area (Å²) in [5.74, 6) is -0.383. The average Bonchev–Trinajstić information content (AvgIpc) is 3.34. The van der Waals surface area contributed by atoms with Gasteiger partial charge in [-0.3, -0.25) is 4.98 Å². The van der Waals surface area contributed by atoms with E-state index in [0.29, 0.717) is 46.9 Å². The van der Waals surface area contributed by atoms with Crippen molar-refractivity contribution in [3.8, 4) is 0 Å². The quantitative estimate of drug-likeness (QED) is 0.517. The van der Waals surface area contributed by atoms with Crippen LogP contribution in [0.5, 0.6) is 0 Å². The van der Waals surface area contributed by atoms with Gasteiger partial charge in [0.2, 0.25) is 5.65 Å². The van der Waals surface area contributed by atoms with Gasteiger partial charge in [-0.2, -0.15) is 5.10 Å². The molecule has 1 aliphatic rings. The predicted octanol–water partition coefficient (Wildman–Crippen LogP) is 1.71. The van der Waals surface area contributed by atoms with Crippen LogP contribution >= 0.6 is 0 Å². The Balaban J connectivity index is 1.50. The van der Waals surface area contributed by atoms with Crippen LogP contribution in [0.1, 0.15) is 18.2 Å². The Morgan fingerprint density at radius 2 is 2.23 bits per heavy atom. The van der Waals surface area contributed by atoms with Gasteiger partial charge in [0.05, 0.1) is 30.5 Å². The largest absolute Gasteiger partial charge is 0.337 e. The molecule has 5 rings (SSSR count). The Morgan fingerprint density at radius 1 is 1.33 bits per heavy atom. The summed E-state index contributed by atoms with van der Waals surface area (Å²) >= 11 is 0. The number of pyridine rings is 1. The number of nitrogens with one attached hydrogen (secondary N) is 1. The van der Waals surface area contributed by atoms with Crippen molar-refractivity contribution in [2.45, 2.75) is 13.5 Å². The van der Waals surface area contributed by atoms with E-state index in [0.717, 1.165) is 5.39 Å². The van der Waals surface area contributed by atoms with Crippen molar-refractivity contribution in [3.63, 3.8) is 0 Å². The number of hydrogen-bond donors (Lipinski definition) is 1. The number of benzene rings is 1. The van der Waals surface area contributed by atoms with E-state index >= 15 is 0 Å². The molecule has 0 atom stereocenters. The van der Waals surface area contributed by atoms with Gasteiger partial charge in [0.1, 0.15) is 11.5 Å². The van der Waals surface area contributed by atoms with E-state index in [1.807, 2.05) is 6.07 Å². The second-order valence-electron chi connectivity index (χ2n) is 6.83. The Kier molecular flexibility index (Phi) is 4.27. The summed E-state index contributed by atoms with van der Waals surface area (Å²) in [5, 5.41) is 17.2. The van der Waals surface area contributed by atoms with Crippen LogP contribution in [0.2, 0.25) is 0 Å². The van der Waals surface area contributed by atoms with Crippen LogP contribution in [0, 0.1) is 5.82 Å². The lowest BCUT2D eigenvalue weighted by molar-refractivity contribution is 0.219. The molecule has 0 aliphatic carbocycles. The zero-order valence-electron chi connectivity index (χ0n) is 15.9. The molecule has 1 fully saturated rings. The Labute approximate surface area is 169 Å². The molecule has 0 spiro atoms. The first-order valence-electron chi connectivity index (χ1n) is 9.29. The van der Waals surface area contributed by atoms with Crippen molar-refractivity contribution in [3.05, 3.63) is 53.7 Å². The summed E-state index contributed by atoms with van der Waals surface area (Å²) < 4.78 is 16.1. The molecule has 4 heterocycles. The number of amides is 2. The van der Waals surface area contributed by atoms with Crippen LogP contribution in [0.15, 0.2) is 41.8 Å². The first-order chi connectivity index (χ1) is 14.6. The number of carbonyl (C=O) groups excluding carboxylic acids is 1. The van der Waals surface area contributed by atoms with Gasteiger partial charge >= 0.3 is 6.03 Å². The number of carbonyl (C=O) groups is 1. The number of urea groups is 1. The molecular weight excluding hydrogens is 389 g/mol. The van der Waals surface area contributed by atoms with Crippen molar-refractivity contribution in [1.29, 1.82) is 0 Å². The zero-order valence-corrected chi connectivity index (χ0v) is 15.9. The molecule has 0 unspecified atom stereocenters. The van der Waals surface area contributed by atoms with E-state index < -0.39 is 0 Å². The second kappa shape index (κ2) is 7.10. The smallest absolute Gasteiger partial charge is 0.335 e. The van der Waals surface area contributed by atoms with Crippen LogP contribution in [-0.4, -0.2) is 59.8 Å². The molecule has 30 heavy (non-hydrogen) atoms. The monoisotopic (exact) mass is 405 g/mol. The van der Waals surface area contributed by atoms with E-state index in [-0.39, 0.29) is 18.4 Å². The normalized spacial score (nSPS) is 14.7. The maximum atomic E-state index is 14.6. The summed E-state index contributed by atoms with van der Waals surface area (Å²) in [7, 11) is 0. The van der Waals surface area contributed by atoms with Gasteiger partial charge in [-0.15, -0.1) is 5.10 Å². The molecule has 4 aromatic rings. The molecule has 1 aromatic carbocycles. The average molecular weight is 405 g/mol. The standard InChI is InChI=1S/C19H16FN9O/c1-11(26-28-6-5-22-19(28)30)16-9-23-17-18(24-16)29(27-25-17)10-13-7-12-3-2-4-21-15(12)8-14(13)20/h2-4,7-9H,5-6,10H2,1H3,(H,22,30)/b26-11-. The molecule has 0 radical (unpaired) electrons. The highest BCUT2D eigenvalue weighted by atomic mass is 19.1. The fourth-order valence-electron chi connectivity index (χ4n) is 3.25. The Hall–Kier alpha value is -4.02. The van der Waals surface area contributed by atoms with Crippen LogP contribution in [0.25, 0.3) is 22.2 Å². The number of nitrogens with zero attached hydrogens (tertiary/aromatic N) is 8. The van der Waals surface area contributed by atoms with Crippen molar-refractivity contribution in [1.82, 2.24) is 40.3 Å². The number of hydrogen-bond acceptors (Lipinski definition) is 7. The third kappa shape index (κ3) is 3.19. The lowest BCUT2D eigenvalue weighted by atomic mass is 10.1. The first-order valence-corrected chi connectivity index (χ1v) is 9.29. The fourth-order valence-corrected chi connectivity index (χ4v) is 3.25. The number of fused-ring (bicyclic) bond motifs is 2. The van der Waals surface area contributed by atoms with Gasteiger partial charge in [0.25, 0.3) is 0 Å². The molecule has 1 N–H and O–H groups in total. The maximum absolute atomic E-state index is 14.6. The minimum Gasteiger partial charge on any atom is -0.335 e. The molecule has 0 bridgehead atoms. The van der Waals surface area contributed by atoms with E-state index in [9.17, 15) is 9.18 Å². The number of halogens is 1. The van der Waals surface area contributed by atoms with Crippen molar-refractivity contribution >= 4 is 33.9 Å². The number of rotatable bonds is 4. The highest BCUT2D eigenvalue weighted by Gasteiger charge is 2.20. The lowest BCUT2D eigenvalue weighted by Crippen LogP contribution is -2.24. The third-order valence-corrected chi connectivity index (χ3v) is 4.79. The fraction of sp³-hybridized carbons (Fsp3) is 0.211. The van der Waals surface area contributed by atoms with E-state index in [4.69, 9.17) is 0 Å². The molecular formula is C19H16FN9O. The van der Waals surface area contributed by atoms with E-state index in [1.165, 1.54) is 22.0 Å². The molecule has 1 saturated heterocycles. The molecule has 2 amide bonds. The lowest BCUT2D eigenvalue weighted by Gasteiger charge is -2.09. The van der Waals surface area contributed by atoms with Gasteiger partial charge in [0, 0.05) is 29.8 Å². The van der Waals surface area contributed by atoms with Gasteiger partial charge in [-0.1, -0.05) is 11.3 Å². The van der Waals surface area contributed by atoms with Gasteiger partial charge in [-0.05, 0) is 19.1 Å². The summed E-state index contributed by atoms with van der Waals surface area (Å²) in [6.45, 7) is 2.91. The molecule has 1 aliphatic heterocycles. The maximum Gasteiger partial charge on any atom is 0.337 e. The summed E-state index contributed by atoms with van der Waals surface area (Å²) in [4.78, 5) is 24.7. The van der Waals surface area contributed by atoms with Gasteiger partial charge in [-0.25, -0.2) is 28.8 Å². The predicted molar refractivity (Wildman–Crippen MR) is 106 cm³/mol. The molecule has 10 nitrogen and oxygen atoms in total. The number of aromatic nitrogens is 6. The van der Waals surface area contributed by atoms with E-state index in [2.05, 4.69) is 35.7 Å². The first kappa shape index (κ1) is 18.0. The molecule has 3 aromatic heterocycles. The summed E-state index contributed by atoms with van der Waals surface area (Å²) in [5.41, 5.74) is 2.77. The second-order valence-corrected chi connectivity index (χ2v) is 6.83. The molecule has 11 heteroatoms. The Bertz CT molecular complexity index is 1320. The summed E-state index contributed by atoms with van der Waals surface area (Å²) in [6, 6.07) is 6.56. The van der Waals surface area contributed by atoms with Gasteiger partial charge in [0.15, 0.2) is 5.65 Å². The third-order valence-electron chi connectivity index (χ3n) is 4.79. The van der Waals surface area contributed by atoms with Crippen LogP contribution < -0.4 is 5.32 Å². The summed E-state index contributed by atoms with van der Waals surface area (Å²) in [6.07, 6.45) is 3.15. The molecule has 150 valence electrons. The number of hydrazone groups is 1. The SMILES string of the molecule is C/C(=N/N1CCNC1=O)c1cnc2nnn(Cc3cc4cccnc4cc3F)c2n1. The highest BCUT2D eigenvalue weighted by Crippen LogP contribution is 2.19. The van der Waals surface area contributed by atoms with Gasteiger partial charge < -0.3 is 5.32 Å². The minimum atomic E-state index is -0.383. The van der Waals surface area contributed by atoms with Crippen LogP contribution in [0.3, 0.4) is 0 Å². The Morgan fingerprint density at radius 3 is 3.07 bits per heavy atom. The van der Waals surface area contributed by atoms with Crippen molar-refractivity contribution in [2.75, 3.05) is 13.1 Å². The van der Waals surface area contributed by atoms with Crippen LogP contribution in [0.4, 0.5) is 9.18 Å². The minimum absolute atomic E-state index is 0.135. The highest BCUT2D eigenvalue weighted by molar-refractivity contribution is 5.98. The zero-order chi connectivity index (χ0) is 20.7. The van der Waals surface area contributed by atoms with E-state index in [1.54, 1.807) is 25.3 Å². The van der Waals surface area contributed by atoms with Crippen LogP contribution in [-0.2, 0) is 6.54 Å². The molecule has 0 saturated carbocycles.